The molecule has 0 aromatic heterocycles. The van der Waals surface area contributed by atoms with Gasteiger partial charge in [0, 0.05) is 19.6 Å². The molecule has 2 nitrogen and oxygen atoms in total. The monoisotopic (exact) mass is 229 g/mol. The van der Waals surface area contributed by atoms with E-state index in [2.05, 4.69) is 17.5 Å². The molecule has 1 fully saturated rings. The van der Waals surface area contributed by atoms with Gasteiger partial charge in [-0.3, -0.25) is 4.90 Å². The van der Waals surface area contributed by atoms with Gasteiger partial charge in [0.2, 0.25) is 0 Å². The summed E-state index contributed by atoms with van der Waals surface area (Å²) in [4.78, 5) is 2.48. The van der Waals surface area contributed by atoms with Gasteiger partial charge in [0.1, 0.15) is 5.75 Å². The first-order chi connectivity index (χ1) is 8.28. The number of nitrogens with zero attached hydrogens (tertiary/aromatic N) is 1. The summed E-state index contributed by atoms with van der Waals surface area (Å²) in [5, 5.41) is 9.95. The van der Waals surface area contributed by atoms with Crippen molar-refractivity contribution in [1.82, 2.24) is 4.90 Å². The highest BCUT2D eigenvalue weighted by atomic mass is 16.3. The van der Waals surface area contributed by atoms with Crippen LogP contribution in [-0.2, 0) is 6.42 Å². The second kappa shape index (κ2) is 4.19. The minimum Gasteiger partial charge on any atom is -0.508 e. The third-order valence-electron chi connectivity index (χ3n) is 4.12. The summed E-state index contributed by atoms with van der Waals surface area (Å²) in [5.74, 6) is 1.80. The summed E-state index contributed by atoms with van der Waals surface area (Å²) >= 11 is 0. The van der Waals surface area contributed by atoms with Crippen LogP contribution in [0.3, 0.4) is 0 Å². The minimum atomic E-state index is 0.495. The number of fused-ring (bicyclic) bond motifs is 4. The molecule has 17 heavy (non-hydrogen) atoms. The maximum Gasteiger partial charge on any atom is 0.119 e. The van der Waals surface area contributed by atoms with E-state index >= 15 is 0 Å². The smallest absolute Gasteiger partial charge is 0.119 e. The predicted molar refractivity (Wildman–Crippen MR) is 69.3 cm³/mol. The summed E-state index contributed by atoms with van der Waals surface area (Å²) in [6.07, 6.45) is 4.31. The molecule has 0 spiro atoms. The van der Waals surface area contributed by atoms with Crippen LogP contribution in [0.25, 0.3) is 0 Å². The van der Waals surface area contributed by atoms with Crippen LogP contribution in [0.5, 0.6) is 5.75 Å². The Labute approximate surface area is 103 Å². The number of piperidine rings is 1. The molecule has 1 N–H and O–H groups in total. The topological polar surface area (TPSA) is 23.5 Å². The number of benzene rings is 1. The predicted octanol–water partition coefficient (Wildman–Crippen LogP) is 2.54. The first-order valence-corrected chi connectivity index (χ1v) is 6.42. The van der Waals surface area contributed by atoms with Crippen LogP contribution >= 0.6 is 0 Å². The highest BCUT2D eigenvalue weighted by molar-refractivity contribution is 5.43. The lowest BCUT2D eigenvalue weighted by Gasteiger charge is -2.42. The Hall–Kier alpha value is -1.28. The van der Waals surface area contributed by atoms with Gasteiger partial charge in [0.25, 0.3) is 0 Å². The standard InChI is InChI=1S/C15H19NO/c1-2-6-16-9-11-7-12(10-16)13-4-3-5-15(17)14(13)8-11/h2-5,11-12,17H,1,6-10H2. The molecule has 1 aromatic carbocycles. The second-order valence-corrected chi connectivity index (χ2v) is 5.35. The lowest BCUT2D eigenvalue weighted by atomic mass is 9.73. The number of hydrogen-bond acceptors (Lipinski definition) is 2. The number of phenolic OH excluding ortho intramolecular Hbond substituents is 1. The molecule has 1 heterocycles. The van der Waals surface area contributed by atoms with Crippen LogP contribution < -0.4 is 0 Å². The highest BCUT2D eigenvalue weighted by Crippen LogP contribution is 2.42. The fourth-order valence-electron chi connectivity index (χ4n) is 3.49. The Morgan fingerprint density at radius 1 is 1.41 bits per heavy atom. The first kappa shape index (κ1) is 10.8. The van der Waals surface area contributed by atoms with Gasteiger partial charge in [-0.2, -0.15) is 0 Å². The van der Waals surface area contributed by atoms with Crippen molar-refractivity contribution in [2.45, 2.75) is 18.8 Å². The highest BCUT2D eigenvalue weighted by Gasteiger charge is 2.34. The molecule has 1 aromatic rings. The van der Waals surface area contributed by atoms with E-state index in [4.69, 9.17) is 0 Å². The zero-order chi connectivity index (χ0) is 11.8. The fourth-order valence-corrected chi connectivity index (χ4v) is 3.49. The van der Waals surface area contributed by atoms with E-state index < -0.39 is 0 Å². The number of aromatic hydroxyl groups is 1. The number of phenols is 1. The van der Waals surface area contributed by atoms with Crippen LogP contribution in [0.1, 0.15) is 23.5 Å². The van der Waals surface area contributed by atoms with E-state index in [0.717, 1.165) is 26.1 Å². The Bertz CT molecular complexity index is 441. The zero-order valence-electron chi connectivity index (χ0n) is 10.1. The Morgan fingerprint density at radius 2 is 2.29 bits per heavy atom. The normalized spacial score (nSPS) is 27.5. The van der Waals surface area contributed by atoms with Crippen LogP contribution in [-0.4, -0.2) is 29.6 Å². The molecule has 2 aliphatic rings. The van der Waals surface area contributed by atoms with Gasteiger partial charge in [0.15, 0.2) is 0 Å². The molecule has 1 aliphatic carbocycles. The van der Waals surface area contributed by atoms with E-state index in [9.17, 15) is 5.11 Å². The van der Waals surface area contributed by atoms with Gasteiger partial charge in [-0.15, -0.1) is 6.58 Å². The van der Waals surface area contributed by atoms with Crippen molar-refractivity contribution in [1.29, 1.82) is 0 Å². The van der Waals surface area contributed by atoms with Crippen molar-refractivity contribution in [3.8, 4) is 5.75 Å². The zero-order valence-corrected chi connectivity index (χ0v) is 10.1. The molecule has 2 atom stereocenters. The summed E-state index contributed by atoms with van der Waals surface area (Å²) < 4.78 is 0. The molecule has 0 saturated carbocycles. The number of rotatable bonds is 2. The quantitative estimate of drug-likeness (QED) is 0.788. The van der Waals surface area contributed by atoms with Crippen LogP contribution in [0.15, 0.2) is 30.9 Å². The Morgan fingerprint density at radius 3 is 3.12 bits per heavy atom. The van der Waals surface area contributed by atoms with Crippen LogP contribution in [0.2, 0.25) is 0 Å². The summed E-state index contributed by atoms with van der Waals surface area (Å²) in [7, 11) is 0. The Balaban J connectivity index is 1.92. The average Bonchev–Trinajstić information content (AvgIpc) is 2.31. The van der Waals surface area contributed by atoms with Gasteiger partial charge in [-0.1, -0.05) is 18.2 Å². The van der Waals surface area contributed by atoms with Gasteiger partial charge < -0.3 is 5.11 Å². The van der Waals surface area contributed by atoms with Gasteiger partial charge in [0.05, 0.1) is 0 Å². The largest absolute Gasteiger partial charge is 0.508 e. The van der Waals surface area contributed by atoms with E-state index in [0.29, 0.717) is 17.6 Å². The molecule has 3 rings (SSSR count). The van der Waals surface area contributed by atoms with Crippen LogP contribution in [0, 0.1) is 5.92 Å². The maximum atomic E-state index is 9.95. The number of hydrogen-bond donors (Lipinski definition) is 1. The molecule has 2 heteroatoms. The molecule has 90 valence electrons. The summed E-state index contributed by atoms with van der Waals surface area (Å²) in [5.41, 5.74) is 2.57. The molecular formula is C15H19NO. The molecule has 2 unspecified atom stereocenters. The summed E-state index contributed by atoms with van der Waals surface area (Å²) in [6.45, 7) is 7.07. The first-order valence-electron chi connectivity index (χ1n) is 6.42. The molecule has 1 aliphatic heterocycles. The van der Waals surface area contributed by atoms with E-state index in [-0.39, 0.29) is 0 Å². The van der Waals surface area contributed by atoms with E-state index in [1.54, 1.807) is 0 Å². The van der Waals surface area contributed by atoms with Gasteiger partial charge >= 0.3 is 0 Å². The third kappa shape index (κ3) is 1.87. The molecule has 2 bridgehead atoms. The van der Waals surface area contributed by atoms with Crippen molar-refractivity contribution in [2.75, 3.05) is 19.6 Å². The van der Waals surface area contributed by atoms with Gasteiger partial charge in [-0.25, -0.2) is 0 Å². The van der Waals surface area contributed by atoms with Crippen LogP contribution in [0.4, 0.5) is 0 Å². The second-order valence-electron chi connectivity index (χ2n) is 5.35. The van der Waals surface area contributed by atoms with E-state index in [1.165, 1.54) is 17.5 Å². The Kier molecular flexibility index (Phi) is 2.67. The van der Waals surface area contributed by atoms with E-state index in [1.807, 2.05) is 18.2 Å². The fraction of sp³-hybridized carbons (Fsp3) is 0.467. The third-order valence-corrected chi connectivity index (χ3v) is 4.12. The van der Waals surface area contributed by atoms with Crippen molar-refractivity contribution < 1.29 is 5.11 Å². The summed E-state index contributed by atoms with van der Waals surface area (Å²) in [6, 6.07) is 5.98. The lowest BCUT2D eigenvalue weighted by Crippen LogP contribution is -2.42. The SMILES string of the molecule is C=CCN1CC2Cc3c(O)cccc3C(C2)C1. The molecular weight excluding hydrogens is 210 g/mol. The maximum absolute atomic E-state index is 9.95. The van der Waals surface area contributed by atoms with Crippen molar-refractivity contribution >= 4 is 0 Å². The average molecular weight is 229 g/mol. The lowest BCUT2D eigenvalue weighted by molar-refractivity contribution is 0.157. The van der Waals surface area contributed by atoms with Crippen molar-refractivity contribution in [3.63, 3.8) is 0 Å². The molecule has 0 radical (unpaired) electrons. The van der Waals surface area contributed by atoms with Gasteiger partial charge in [-0.05, 0) is 41.9 Å². The minimum absolute atomic E-state index is 0.495. The van der Waals surface area contributed by atoms with Crippen molar-refractivity contribution in [3.05, 3.63) is 42.0 Å². The van der Waals surface area contributed by atoms with Crippen molar-refractivity contribution in [2.24, 2.45) is 5.92 Å². The molecule has 1 saturated heterocycles. The molecule has 0 amide bonds. The number of likely N-dealkylation sites (tertiary alicyclic amines) is 1.